The molecule has 1 aromatic carbocycles. The van der Waals surface area contributed by atoms with Crippen molar-refractivity contribution < 1.29 is 23.9 Å². The third-order valence-electron chi connectivity index (χ3n) is 7.38. The molecule has 3 saturated heterocycles. The Hall–Kier alpha value is -2.94. The highest BCUT2D eigenvalue weighted by molar-refractivity contribution is 6.02. The number of piperidine rings is 2. The topological polar surface area (TPSA) is 103 Å². The van der Waals surface area contributed by atoms with Gasteiger partial charge in [0.25, 0.3) is 0 Å². The fourth-order valence-corrected chi connectivity index (χ4v) is 5.50. The Morgan fingerprint density at radius 3 is 2.56 bits per heavy atom. The molecule has 3 aliphatic rings. The number of carbonyl (C=O) groups is 3. The first-order valence-corrected chi connectivity index (χ1v) is 13.1. The standard InChI is InChI=1S/C27H36N4O5/c1-27(2,3)36-26(34)30-13-11-17(12-14-30)18-7-8-19-21(16-18)31(23-6-4-5-15-35-23)29-24(19)20-9-10-22(32)28-25(20)33/h7-8,16-17,20,23H,4-6,9-15H2,1-3H3,(H,28,32,33). The minimum absolute atomic E-state index is 0.160. The Balaban J connectivity index is 1.41. The van der Waals surface area contributed by atoms with Gasteiger partial charge in [0.1, 0.15) is 5.60 Å². The number of imide groups is 1. The Morgan fingerprint density at radius 1 is 1.11 bits per heavy atom. The Morgan fingerprint density at radius 2 is 1.89 bits per heavy atom. The van der Waals surface area contributed by atoms with Crippen molar-refractivity contribution in [3.8, 4) is 0 Å². The predicted molar refractivity (Wildman–Crippen MR) is 133 cm³/mol. The second-order valence-electron chi connectivity index (χ2n) is 11.2. The lowest BCUT2D eigenvalue weighted by Crippen LogP contribution is -2.41. The van der Waals surface area contributed by atoms with E-state index in [1.165, 1.54) is 5.56 Å². The van der Waals surface area contributed by atoms with Crippen molar-refractivity contribution in [1.82, 2.24) is 20.0 Å². The SMILES string of the molecule is CC(C)(C)OC(=O)N1CCC(c2ccc3c(C4CCC(=O)NC4=O)nn(C4CCCCO4)c3c2)CC1. The number of hydrogen-bond donors (Lipinski definition) is 1. The van der Waals surface area contributed by atoms with Crippen LogP contribution in [0.2, 0.25) is 0 Å². The highest BCUT2D eigenvalue weighted by Gasteiger charge is 2.34. The summed E-state index contributed by atoms with van der Waals surface area (Å²) in [5.41, 5.74) is 2.39. The van der Waals surface area contributed by atoms with Crippen molar-refractivity contribution in [3.05, 3.63) is 29.5 Å². The first-order valence-electron chi connectivity index (χ1n) is 13.1. The van der Waals surface area contributed by atoms with Gasteiger partial charge >= 0.3 is 6.09 Å². The van der Waals surface area contributed by atoms with Crippen LogP contribution in [0.25, 0.3) is 10.9 Å². The summed E-state index contributed by atoms with van der Waals surface area (Å²) in [6, 6.07) is 6.37. The van der Waals surface area contributed by atoms with E-state index in [0.29, 0.717) is 38.5 Å². The van der Waals surface area contributed by atoms with Crippen LogP contribution in [-0.4, -0.2) is 57.9 Å². The molecule has 0 aliphatic carbocycles. The number of nitrogens with zero attached hydrogens (tertiary/aromatic N) is 3. The van der Waals surface area contributed by atoms with Gasteiger partial charge in [-0.05, 0) is 76.8 Å². The number of ether oxygens (including phenoxy) is 2. The van der Waals surface area contributed by atoms with Gasteiger partial charge in [0.15, 0.2) is 6.23 Å². The average molecular weight is 497 g/mol. The van der Waals surface area contributed by atoms with E-state index in [2.05, 4.69) is 23.5 Å². The van der Waals surface area contributed by atoms with Crippen LogP contribution in [0, 0.1) is 0 Å². The molecule has 194 valence electrons. The minimum atomic E-state index is -0.501. The van der Waals surface area contributed by atoms with Crippen LogP contribution in [0.3, 0.4) is 0 Å². The number of amides is 3. The maximum Gasteiger partial charge on any atom is 0.410 e. The van der Waals surface area contributed by atoms with Gasteiger partial charge in [0, 0.05) is 31.5 Å². The van der Waals surface area contributed by atoms with Gasteiger partial charge in [-0.1, -0.05) is 12.1 Å². The fourth-order valence-electron chi connectivity index (χ4n) is 5.50. The van der Waals surface area contributed by atoms with Crippen LogP contribution < -0.4 is 5.32 Å². The molecule has 1 N–H and O–H groups in total. The summed E-state index contributed by atoms with van der Waals surface area (Å²) in [6.45, 7) is 7.66. The van der Waals surface area contributed by atoms with Crippen molar-refractivity contribution in [3.63, 3.8) is 0 Å². The van der Waals surface area contributed by atoms with Gasteiger partial charge in [-0.2, -0.15) is 5.10 Å². The lowest BCUT2D eigenvalue weighted by molar-refractivity contribution is -0.134. The molecule has 9 nitrogen and oxygen atoms in total. The fraction of sp³-hybridized carbons (Fsp3) is 0.630. The molecule has 0 spiro atoms. The number of hydrogen-bond acceptors (Lipinski definition) is 6. The van der Waals surface area contributed by atoms with E-state index in [-0.39, 0.29) is 24.1 Å². The molecule has 2 unspecified atom stereocenters. The van der Waals surface area contributed by atoms with Crippen molar-refractivity contribution in [1.29, 1.82) is 0 Å². The number of rotatable bonds is 3. The average Bonchev–Trinajstić information content (AvgIpc) is 3.22. The zero-order chi connectivity index (χ0) is 25.4. The number of fused-ring (bicyclic) bond motifs is 1. The lowest BCUT2D eigenvalue weighted by atomic mass is 9.88. The number of likely N-dealkylation sites (tertiary alicyclic amines) is 1. The monoisotopic (exact) mass is 496 g/mol. The molecule has 5 rings (SSSR count). The van der Waals surface area contributed by atoms with E-state index in [9.17, 15) is 14.4 Å². The van der Waals surface area contributed by atoms with E-state index >= 15 is 0 Å². The highest BCUT2D eigenvalue weighted by atomic mass is 16.6. The molecule has 2 aromatic rings. The molecule has 3 fully saturated rings. The normalized spacial score (nSPS) is 24.1. The van der Waals surface area contributed by atoms with Crippen LogP contribution in [0.1, 0.15) is 95.0 Å². The third kappa shape index (κ3) is 5.12. The van der Waals surface area contributed by atoms with Crippen molar-refractivity contribution in [2.45, 2.75) is 89.4 Å². The molecule has 1 aromatic heterocycles. The summed E-state index contributed by atoms with van der Waals surface area (Å²) < 4.78 is 13.6. The van der Waals surface area contributed by atoms with Gasteiger partial charge < -0.3 is 14.4 Å². The maximum atomic E-state index is 12.7. The van der Waals surface area contributed by atoms with Crippen molar-refractivity contribution >= 4 is 28.8 Å². The van der Waals surface area contributed by atoms with Crippen LogP contribution in [0.5, 0.6) is 0 Å². The number of carbonyl (C=O) groups excluding carboxylic acids is 3. The molecule has 36 heavy (non-hydrogen) atoms. The van der Waals surface area contributed by atoms with E-state index < -0.39 is 11.5 Å². The molecule has 3 amide bonds. The molecule has 0 bridgehead atoms. The summed E-state index contributed by atoms with van der Waals surface area (Å²) in [4.78, 5) is 38.6. The number of nitrogens with one attached hydrogen (secondary N) is 1. The molecular weight excluding hydrogens is 460 g/mol. The van der Waals surface area contributed by atoms with Gasteiger partial charge in [-0.3, -0.25) is 14.9 Å². The van der Waals surface area contributed by atoms with E-state index in [1.54, 1.807) is 4.90 Å². The molecule has 9 heteroatoms. The minimum Gasteiger partial charge on any atom is -0.444 e. The van der Waals surface area contributed by atoms with Crippen LogP contribution in [0.15, 0.2) is 18.2 Å². The van der Waals surface area contributed by atoms with Gasteiger partial charge in [0.05, 0.1) is 17.1 Å². The zero-order valence-corrected chi connectivity index (χ0v) is 21.4. The first-order chi connectivity index (χ1) is 17.2. The summed E-state index contributed by atoms with van der Waals surface area (Å²) in [5, 5.41) is 8.33. The largest absolute Gasteiger partial charge is 0.444 e. The molecule has 4 heterocycles. The highest BCUT2D eigenvalue weighted by Crippen LogP contribution is 2.37. The van der Waals surface area contributed by atoms with Gasteiger partial charge in [-0.25, -0.2) is 9.48 Å². The summed E-state index contributed by atoms with van der Waals surface area (Å²) in [7, 11) is 0. The Labute approximate surface area is 211 Å². The summed E-state index contributed by atoms with van der Waals surface area (Å²) in [6.07, 6.45) is 5.08. The molecule has 2 atom stereocenters. The second-order valence-corrected chi connectivity index (χ2v) is 11.2. The lowest BCUT2D eigenvalue weighted by Gasteiger charge is -2.33. The Bertz CT molecular complexity index is 1150. The van der Waals surface area contributed by atoms with Crippen molar-refractivity contribution in [2.75, 3.05) is 19.7 Å². The van der Waals surface area contributed by atoms with Gasteiger partial charge in [0.2, 0.25) is 11.8 Å². The van der Waals surface area contributed by atoms with Crippen LogP contribution in [-0.2, 0) is 19.1 Å². The first kappa shape index (κ1) is 24.7. The molecule has 3 aliphatic heterocycles. The smallest absolute Gasteiger partial charge is 0.410 e. The van der Waals surface area contributed by atoms with Crippen LogP contribution >= 0.6 is 0 Å². The summed E-state index contributed by atoms with van der Waals surface area (Å²) >= 11 is 0. The predicted octanol–water partition coefficient (Wildman–Crippen LogP) is 4.37. The zero-order valence-electron chi connectivity index (χ0n) is 21.4. The molecule has 0 radical (unpaired) electrons. The Kier molecular flexibility index (Phi) is 6.76. The van der Waals surface area contributed by atoms with Gasteiger partial charge in [-0.15, -0.1) is 0 Å². The molecular formula is C27H36N4O5. The van der Waals surface area contributed by atoms with E-state index in [1.807, 2.05) is 25.5 Å². The number of aromatic nitrogens is 2. The summed E-state index contributed by atoms with van der Waals surface area (Å²) in [5.74, 6) is -0.628. The third-order valence-corrected chi connectivity index (χ3v) is 7.38. The van der Waals surface area contributed by atoms with E-state index in [0.717, 1.165) is 48.7 Å². The number of benzene rings is 1. The van der Waals surface area contributed by atoms with Crippen LogP contribution in [0.4, 0.5) is 4.79 Å². The second kappa shape index (κ2) is 9.84. The van der Waals surface area contributed by atoms with Crippen molar-refractivity contribution in [2.24, 2.45) is 0 Å². The quantitative estimate of drug-likeness (QED) is 0.633. The maximum absolute atomic E-state index is 12.7. The molecule has 0 saturated carbocycles. The van der Waals surface area contributed by atoms with E-state index in [4.69, 9.17) is 14.6 Å².